The fourth-order valence-corrected chi connectivity index (χ4v) is 2.17. The fraction of sp³-hybridized carbons (Fsp3) is 0.571. The highest BCUT2D eigenvalue weighted by Crippen LogP contribution is 2.48. The molecule has 1 fully saturated rings. The molecule has 1 aromatic rings. The first-order valence-electron chi connectivity index (χ1n) is 6.60. The summed E-state index contributed by atoms with van der Waals surface area (Å²) in [5, 5.41) is 6.00. The second-order valence-corrected chi connectivity index (χ2v) is 5.10. The summed E-state index contributed by atoms with van der Waals surface area (Å²) < 4.78 is 5.11. The lowest BCUT2D eigenvalue weighted by atomic mass is 10.0. The molecule has 0 spiro atoms. The molecule has 0 atom stereocenters. The van der Waals surface area contributed by atoms with Crippen molar-refractivity contribution in [3.05, 3.63) is 24.0 Å². The van der Waals surface area contributed by atoms with E-state index in [0.717, 1.165) is 25.3 Å². The maximum atomic E-state index is 12.2. The van der Waals surface area contributed by atoms with E-state index in [0.29, 0.717) is 5.56 Å². The summed E-state index contributed by atoms with van der Waals surface area (Å²) in [5.74, 6) is -0.0459. The third-order valence-electron chi connectivity index (χ3n) is 3.75. The number of rotatable bonds is 7. The minimum Gasteiger partial charge on any atom is -0.386 e. The van der Waals surface area contributed by atoms with Crippen molar-refractivity contribution in [1.82, 2.24) is 10.3 Å². The standard InChI is InChI=1S/C14H21N3O2/c1-15-12-9-16-7-3-11(12)13(18)17-10-14(4-5-14)6-8-19-2/h3,7,9,15H,4-6,8,10H2,1-2H3,(H,17,18). The Morgan fingerprint density at radius 2 is 2.32 bits per heavy atom. The van der Waals surface area contributed by atoms with E-state index in [1.54, 1.807) is 32.6 Å². The van der Waals surface area contributed by atoms with Gasteiger partial charge in [0.25, 0.3) is 5.91 Å². The van der Waals surface area contributed by atoms with Gasteiger partial charge < -0.3 is 15.4 Å². The number of aromatic nitrogens is 1. The van der Waals surface area contributed by atoms with Crippen LogP contribution in [0, 0.1) is 5.41 Å². The first kappa shape index (κ1) is 13.8. The lowest BCUT2D eigenvalue weighted by molar-refractivity contribution is 0.0938. The molecule has 0 unspecified atom stereocenters. The number of hydrogen-bond acceptors (Lipinski definition) is 4. The van der Waals surface area contributed by atoms with Crippen molar-refractivity contribution in [2.75, 3.05) is 32.6 Å². The summed E-state index contributed by atoms with van der Waals surface area (Å²) in [5.41, 5.74) is 1.65. The van der Waals surface area contributed by atoms with E-state index < -0.39 is 0 Å². The molecular formula is C14H21N3O2. The largest absolute Gasteiger partial charge is 0.386 e. The minimum absolute atomic E-state index is 0.0459. The number of hydrogen-bond donors (Lipinski definition) is 2. The van der Waals surface area contributed by atoms with Crippen molar-refractivity contribution in [1.29, 1.82) is 0 Å². The monoisotopic (exact) mass is 263 g/mol. The number of methoxy groups -OCH3 is 1. The second kappa shape index (κ2) is 6.02. The Bertz CT molecular complexity index is 444. The molecule has 1 aromatic heterocycles. The lowest BCUT2D eigenvalue weighted by Crippen LogP contribution is -2.31. The van der Waals surface area contributed by atoms with E-state index in [4.69, 9.17) is 4.74 Å². The van der Waals surface area contributed by atoms with Gasteiger partial charge in [0, 0.05) is 33.5 Å². The van der Waals surface area contributed by atoms with Gasteiger partial charge >= 0.3 is 0 Å². The fourth-order valence-electron chi connectivity index (χ4n) is 2.17. The maximum Gasteiger partial charge on any atom is 0.253 e. The van der Waals surface area contributed by atoms with Crippen LogP contribution in [0.15, 0.2) is 18.5 Å². The van der Waals surface area contributed by atoms with Crippen molar-refractivity contribution >= 4 is 11.6 Å². The van der Waals surface area contributed by atoms with Crippen molar-refractivity contribution < 1.29 is 9.53 Å². The van der Waals surface area contributed by atoms with Gasteiger partial charge in [-0.1, -0.05) is 0 Å². The van der Waals surface area contributed by atoms with Gasteiger partial charge in [-0.25, -0.2) is 0 Å². The molecule has 104 valence electrons. The third kappa shape index (κ3) is 3.44. The molecule has 5 heteroatoms. The van der Waals surface area contributed by atoms with Crippen LogP contribution in [-0.4, -0.2) is 38.2 Å². The van der Waals surface area contributed by atoms with Gasteiger partial charge in [-0.3, -0.25) is 9.78 Å². The zero-order chi connectivity index (χ0) is 13.7. The van der Waals surface area contributed by atoms with Crippen molar-refractivity contribution in [2.24, 2.45) is 5.41 Å². The van der Waals surface area contributed by atoms with E-state index >= 15 is 0 Å². The van der Waals surface area contributed by atoms with Crippen LogP contribution in [0.25, 0.3) is 0 Å². The number of carbonyl (C=O) groups excluding carboxylic acids is 1. The van der Waals surface area contributed by atoms with Gasteiger partial charge in [0.15, 0.2) is 0 Å². The summed E-state index contributed by atoms with van der Waals surface area (Å²) in [6, 6.07) is 1.73. The van der Waals surface area contributed by atoms with Gasteiger partial charge in [0.05, 0.1) is 17.4 Å². The maximum absolute atomic E-state index is 12.2. The molecule has 0 aromatic carbocycles. The Hall–Kier alpha value is -1.62. The highest BCUT2D eigenvalue weighted by Gasteiger charge is 2.42. The van der Waals surface area contributed by atoms with Gasteiger partial charge in [-0.15, -0.1) is 0 Å². The molecule has 1 saturated carbocycles. The Labute approximate surface area is 113 Å². The molecule has 2 N–H and O–H groups in total. The van der Waals surface area contributed by atoms with Gasteiger partial charge in [0.2, 0.25) is 0 Å². The normalized spacial score (nSPS) is 15.9. The zero-order valence-electron chi connectivity index (χ0n) is 11.5. The van der Waals surface area contributed by atoms with Crippen LogP contribution in [0.3, 0.4) is 0 Å². The highest BCUT2D eigenvalue weighted by molar-refractivity contribution is 5.99. The molecule has 1 aliphatic rings. The molecule has 0 saturated heterocycles. The number of ether oxygens (including phenoxy) is 1. The molecule has 19 heavy (non-hydrogen) atoms. The first-order chi connectivity index (χ1) is 9.21. The van der Waals surface area contributed by atoms with E-state index in [2.05, 4.69) is 15.6 Å². The average molecular weight is 263 g/mol. The zero-order valence-corrected chi connectivity index (χ0v) is 11.5. The van der Waals surface area contributed by atoms with Crippen LogP contribution in [0.4, 0.5) is 5.69 Å². The van der Waals surface area contributed by atoms with Crippen LogP contribution in [0.1, 0.15) is 29.6 Å². The summed E-state index contributed by atoms with van der Waals surface area (Å²) >= 11 is 0. The third-order valence-corrected chi connectivity index (χ3v) is 3.75. The van der Waals surface area contributed by atoms with Crippen LogP contribution >= 0.6 is 0 Å². The highest BCUT2D eigenvalue weighted by atomic mass is 16.5. The van der Waals surface area contributed by atoms with Crippen molar-refractivity contribution in [3.63, 3.8) is 0 Å². The van der Waals surface area contributed by atoms with Gasteiger partial charge in [-0.2, -0.15) is 0 Å². The number of pyridine rings is 1. The molecule has 5 nitrogen and oxygen atoms in total. The predicted molar refractivity (Wildman–Crippen MR) is 74.3 cm³/mol. The minimum atomic E-state index is -0.0459. The number of amides is 1. The Kier molecular flexibility index (Phi) is 4.37. The average Bonchev–Trinajstić information content (AvgIpc) is 3.23. The van der Waals surface area contributed by atoms with E-state index in [1.807, 2.05) is 0 Å². The van der Waals surface area contributed by atoms with Gasteiger partial charge in [-0.05, 0) is 30.7 Å². The SMILES string of the molecule is CNc1cnccc1C(=O)NCC1(CCOC)CC1. The topological polar surface area (TPSA) is 63.2 Å². The Balaban J connectivity index is 1.91. The summed E-state index contributed by atoms with van der Waals surface area (Å²) in [6.07, 6.45) is 6.65. The quantitative estimate of drug-likeness (QED) is 0.785. The van der Waals surface area contributed by atoms with E-state index in [-0.39, 0.29) is 11.3 Å². The number of nitrogens with zero attached hydrogens (tertiary/aromatic N) is 1. The molecule has 1 amide bonds. The van der Waals surface area contributed by atoms with Crippen LogP contribution in [0.2, 0.25) is 0 Å². The van der Waals surface area contributed by atoms with Crippen LogP contribution in [0.5, 0.6) is 0 Å². The molecule has 1 heterocycles. The number of nitrogens with one attached hydrogen (secondary N) is 2. The molecule has 0 aliphatic heterocycles. The molecule has 2 rings (SSSR count). The van der Waals surface area contributed by atoms with Gasteiger partial charge in [0.1, 0.15) is 0 Å². The van der Waals surface area contributed by atoms with E-state index in [9.17, 15) is 4.79 Å². The summed E-state index contributed by atoms with van der Waals surface area (Å²) in [7, 11) is 3.50. The first-order valence-corrected chi connectivity index (χ1v) is 6.60. The summed E-state index contributed by atoms with van der Waals surface area (Å²) in [4.78, 5) is 16.2. The van der Waals surface area contributed by atoms with Crippen LogP contribution in [-0.2, 0) is 4.74 Å². The van der Waals surface area contributed by atoms with Crippen molar-refractivity contribution in [3.8, 4) is 0 Å². The van der Waals surface area contributed by atoms with Crippen LogP contribution < -0.4 is 10.6 Å². The number of carbonyl (C=O) groups is 1. The summed E-state index contributed by atoms with van der Waals surface area (Å²) in [6.45, 7) is 1.48. The molecular weight excluding hydrogens is 242 g/mol. The molecule has 1 aliphatic carbocycles. The number of anilines is 1. The molecule has 0 radical (unpaired) electrons. The molecule has 0 bridgehead atoms. The lowest BCUT2D eigenvalue weighted by Gasteiger charge is -2.16. The smallest absolute Gasteiger partial charge is 0.253 e. The van der Waals surface area contributed by atoms with E-state index in [1.165, 1.54) is 12.8 Å². The Morgan fingerprint density at radius 1 is 1.53 bits per heavy atom. The second-order valence-electron chi connectivity index (χ2n) is 5.10. The Morgan fingerprint density at radius 3 is 2.95 bits per heavy atom. The van der Waals surface area contributed by atoms with Crippen molar-refractivity contribution in [2.45, 2.75) is 19.3 Å². The predicted octanol–water partition coefficient (Wildman–Crippen LogP) is 1.67.